The minimum atomic E-state index is -0.339. The Kier molecular flexibility index (Phi) is 3.78. The lowest BCUT2D eigenvalue weighted by atomic mass is 10.1. The van der Waals surface area contributed by atoms with E-state index in [1.54, 1.807) is 17.7 Å². The summed E-state index contributed by atoms with van der Waals surface area (Å²) in [5, 5.41) is 11.7. The van der Waals surface area contributed by atoms with E-state index in [4.69, 9.17) is 5.73 Å². The van der Waals surface area contributed by atoms with Gasteiger partial charge in [-0.25, -0.2) is 9.07 Å². The van der Waals surface area contributed by atoms with Gasteiger partial charge in [-0.15, -0.1) is 5.10 Å². The molecule has 0 radical (unpaired) electrons. The maximum absolute atomic E-state index is 13.8. The lowest BCUT2D eigenvalue weighted by Gasteiger charge is -2.14. The highest BCUT2D eigenvalue weighted by Crippen LogP contribution is 2.27. The molecule has 1 aromatic carbocycles. The molecule has 0 bridgehead atoms. The second-order valence-corrected chi connectivity index (χ2v) is 4.59. The van der Waals surface area contributed by atoms with E-state index in [1.165, 1.54) is 6.07 Å². The van der Waals surface area contributed by atoms with Crippen LogP contribution in [0.5, 0.6) is 0 Å². The van der Waals surface area contributed by atoms with Crippen molar-refractivity contribution < 1.29 is 4.39 Å². The Balaban J connectivity index is 2.51. The summed E-state index contributed by atoms with van der Waals surface area (Å²) < 4.78 is 15.5. The van der Waals surface area contributed by atoms with E-state index in [9.17, 15) is 4.39 Å². The normalized spacial score (nSPS) is 11.2. The lowest BCUT2D eigenvalue weighted by Crippen LogP contribution is -2.11. The van der Waals surface area contributed by atoms with Gasteiger partial charge in [0.25, 0.3) is 0 Å². The maximum atomic E-state index is 13.8. The van der Waals surface area contributed by atoms with Gasteiger partial charge in [0.05, 0.1) is 6.04 Å². The highest BCUT2D eigenvalue weighted by atomic mass is 19.1. The van der Waals surface area contributed by atoms with Crippen LogP contribution < -0.4 is 5.73 Å². The number of hydrogen-bond acceptors (Lipinski definition) is 4. The number of anilines is 1. The topological polar surface area (TPSA) is 69.6 Å². The fraction of sp³-hybridized carbons (Fsp3) is 0.462. The van der Waals surface area contributed by atoms with Crippen LogP contribution in [-0.2, 0) is 0 Å². The van der Waals surface area contributed by atoms with Crippen LogP contribution in [0.25, 0.3) is 11.4 Å². The van der Waals surface area contributed by atoms with E-state index in [2.05, 4.69) is 29.4 Å². The van der Waals surface area contributed by atoms with Gasteiger partial charge in [-0.2, -0.15) is 0 Å². The minimum absolute atomic E-state index is 0.204. The summed E-state index contributed by atoms with van der Waals surface area (Å²) in [6.07, 6.45) is 1.83. The van der Waals surface area contributed by atoms with Gasteiger partial charge in [-0.05, 0) is 42.3 Å². The number of rotatable bonds is 4. The van der Waals surface area contributed by atoms with Crippen LogP contribution >= 0.6 is 0 Å². The molecular weight excluding hydrogens is 245 g/mol. The summed E-state index contributed by atoms with van der Waals surface area (Å²) in [6, 6.07) is 3.34. The molecule has 0 atom stereocenters. The first-order valence-corrected chi connectivity index (χ1v) is 6.42. The van der Waals surface area contributed by atoms with Gasteiger partial charge < -0.3 is 5.73 Å². The minimum Gasteiger partial charge on any atom is -0.398 e. The van der Waals surface area contributed by atoms with Crippen molar-refractivity contribution in [1.82, 2.24) is 20.2 Å². The summed E-state index contributed by atoms with van der Waals surface area (Å²) in [6.45, 7) is 5.80. The monoisotopic (exact) mass is 263 g/mol. The first-order valence-electron chi connectivity index (χ1n) is 6.42. The molecule has 0 saturated carbocycles. The van der Waals surface area contributed by atoms with Crippen molar-refractivity contribution >= 4 is 5.69 Å². The quantitative estimate of drug-likeness (QED) is 0.861. The first-order chi connectivity index (χ1) is 9.08. The molecule has 2 N–H and O–H groups in total. The fourth-order valence-electron chi connectivity index (χ4n) is 2.09. The SMILES string of the molecule is CCC(CC)n1nnnc1-c1cc(N)c(C)c(F)c1. The van der Waals surface area contributed by atoms with Gasteiger partial charge in [0.1, 0.15) is 5.82 Å². The second kappa shape index (κ2) is 5.34. The summed E-state index contributed by atoms with van der Waals surface area (Å²) in [5.74, 6) is 0.216. The number of hydrogen-bond donors (Lipinski definition) is 1. The van der Waals surface area contributed by atoms with E-state index >= 15 is 0 Å². The largest absolute Gasteiger partial charge is 0.398 e. The number of tetrazole rings is 1. The zero-order valence-corrected chi connectivity index (χ0v) is 11.4. The van der Waals surface area contributed by atoms with Gasteiger partial charge in [0.2, 0.25) is 0 Å². The zero-order valence-electron chi connectivity index (χ0n) is 11.4. The smallest absolute Gasteiger partial charge is 0.182 e. The molecule has 102 valence electrons. The van der Waals surface area contributed by atoms with Crippen molar-refractivity contribution in [2.75, 3.05) is 5.73 Å². The highest BCUT2D eigenvalue weighted by Gasteiger charge is 2.17. The number of nitrogens with two attached hydrogens (primary N) is 1. The molecule has 0 amide bonds. The van der Waals surface area contributed by atoms with E-state index in [-0.39, 0.29) is 11.9 Å². The van der Waals surface area contributed by atoms with Crippen LogP contribution in [0.2, 0.25) is 0 Å². The summed E-state index contributed by atoms with van der Waals surface area (Å²) >= 11 is 0. The Hall–Kier alpha value is -1.98. The summed E-state index contributed by atoms with van der Waals surface area (Å²) in [7, 11) is 0. The van der Waals surface area contributed by atoms with Gasteiger partial charge >= 0.3 is 0 Å². The third kappa shape index (κ3) is 2.43. The molecule has 19 heavy (non-hydrogen) atoms. The first kappa shape index (κ1) is 13.5. The molecule has 0 fully saturated rings. The molecule has 2 rings (SSSR count). The molecular formula is C13H18FN5. The van der Waals surface area contributed by atoms with Crippen LogP contribution in [-0.4, -0.2) is 20.2 Å². The van der Waals surface area contributed by atoms with Crippen molar-refractivity contribution in [3.8, 4) is 11.4 Å². The van der Waals surface area contributed by atoms with Crippen molar-refractivity contribution in [3.05, 3.63) is 23.5 Å². The Morgan fingerprint density at radius 3 is 2.58 bits per heavy atom. The standard InChI is InChI=1S/C13H18FN5/c1-4-10(5-2)19-13(16-17-18-19)9-6-11(14)8(3)12(15)7-9/h6-7,10H,4-5,15H2,1-3H3. The van der Waals surface area contributed by atoms with Crippen molar-refractivity contribution in [3.63, 3.8) is 0 Å². The summed E-state index contributed by atoms with van der Waals surface area (Å²) in [5.41, 5.74) is 7.27. The van der Waals surface area contributed by atoms with E-state index < -0.39 is 0 Å². The van der Waals surface area contributed by atoms with Crippen LogP contribution in [0.3, 0.4) is 0 Å². The number of aromatic nitrogens is 4. The molecule has 0 aliphatic rings. The Bertz CT molecular complexity index is 551. The van der Waals surface area contributed by atoms with Crippen LogP contribution in [0, 0.1) is 12.7 Å². The Labute approximate surface area is 111 Å². The number of halogens is 1. The lowest BCUT2D eigenvalue weighted by molar-refractivity contribution is 0.422. The van der Waals surface area contributed by atoms with E-state index in [1.807, 2.05) is 0 Å². The summed E-state index contributed by atoms with van der Waals surface area (Å²) in [4.78, 5) is 0. The van der Waals surface area contributed by atoms with Crippen LogP contribution in [0.4, 0.5) is 10.1 Å². The molecule has 0 aliphatic heterocycles. The maximum Gasteiger partial charge on any atom is 0.182 e. The molecule has 1 heterocycles. The van der Waals surface area contributed by atoms with Gasteiger partial charge in [-0.3, -0.25) is 0 Å². The van der Waals surface area contributed by atoms with E-state index in [0.717, 1.165) is 12.8 Å². The average Bonchev–Trinajstić information content (AvgIpc) is 2.86. The van der Waals surface area contributed by atoms with Crippen molar-refractivity contribution in [2.24, 2.45) is 0 Å². The number of nitrogen functional groups attached to an aromatic ring is 1. The number of benzene rings is 1. The zero-order chi connectivity index (χ0) is 14.0. The molecule has 1 aromatic heterocycles. The van der Waals surface area contributed by atoms with Crippen molar-refractivity contribution in [1.29, 1.82) is 0 Å². The molecule has 5 nitrogen and oxygen atoms in total. The second-order valence-electron chi connectivity index (χ2n) is 4.59. The predicted molar refractivity (Wildman–Crippen MR) is 72.0 cm³/mol. The third-order valence-corrected chi connectivity index (χ3v) is 3.42. The van der Waals surface area contributed by atoms with Gasteiger partial charge in [-0.1, -0.05) is 13.8 Å². The highest BCUT2D eigenvalue weighted by molar-refractivity contribution is 5.64. The van der Waals surface area contributed by atoms with Crippen molar-refractivity contribution in [2.45, 2.75) is 39.7 Å². The van der Waals surface area contributed by atoms with Gasteiger partial charge in [0.15, 0.2) is 5.82 Å². The van der Waals surface area contributed by atoms with Gasteiger partial charge in [0, 0.05) is 16.8 Å². The fourth-order valence-corrected chi connectivity index (χ4v) is 2.09. The third-order valence-electron chi connectivity index (χ3n) is 3.42. The predicted octanol–water partition coefficient (Wildman–Crippen LogP) is 2.73. The molecule has 2 aromatic rings. The van der Waals surface area contributed by atoms with Crippen LogP contribution in [0.15, 0.2) is 12.1 Å². The number of nitrogens with zero attached hydrogens (tertiary/aromatic N) is 4. The Morgan fingerprint density at radius 1 is 1.32 bits per heavy atom. The van der Waals surface area contributed by atoms with Crippen LogP contribution in [0.1, 0.15) is 38.3 Å². The van der Waals surface area contributed by atoms with E-state index in [0.29, 0.717) is 22.6 Å². The Morgan fingerprint density at radius 2 is 2.00 bits per heavy atom. The molecule has 0 saturated heterocycles. The molecule has 0 unspecified atom stereocenters. The molecule has 0 spiro atoms. The molecule has 0 aliphatic carbocycles. The average molecular weight is 263 g/mol. The molecule has 6 heteroatoms.